The lowest BCUT2D eigenvalue weighted by Crippen LogP contribution is -2.34. The van der Waals surface area contributed by atoms with Gasteiger partial charge in [0.1, 0.15) is 0 Å². The van der Waals surface area contributed by atoms with Crippen LogP contribution in [0.1, 0.15) is 17.5 Å². The maximum absolute atomic E-state index is 12.8. The zero-order valence-electron chi connectivity index (χ0n) is 14.8. The molecule has 1 aromatic carbocycles. The quantitative estimate of drug-likeness (QED) is 0.885. The van der Waals surface area contributed by atoms with Crippen molar-refractivity contribution in [3.05, 3.63) is 35.5 Å². The summed E-state index contributed by atoms with van der Waals surface area (Å²) in [6.45, 7) is 6.21. The number of methoxy groups -OCH3 is 1. The molecule has 1 N–H and O–H groups in total. The number of amides is 1. The van der Waals surface area contributed by atoms with E-state index >= 15 is 0 Å². The monoisotopic (exact) mass is 329 g/mol. The summed E-state index contributed by atoms with van der Waals surface area (Å²) < 4.78 is 5.13. The van der Waals surface area contributed by atoms with Gasteiger partial charge in [-0.3, -0.25) is 4.79 Å². The van der Waals surface area contributed by atoms with Gasteiger partial charge in [0.2, 0.25) is 5.91 Å². The van der Waals surface area contributed by atoms with Gasteiger partial charge in [0.25, 0.3) is 0 Å². The first-order valence-corrected chi connectivity index (χ1v) is 8.61. The predicted molar refractivity (Wildman–Crippen MR) is 95.9 cm³/mol. The highest BCUT2D eigenvalue weighted by molar-refractivity contribution is 5.85. The van der Waals surface area contributed by atoms with Crippen molar-refractivity contribution in [2.24, 2.45) is 5.92 Å². The molecule has 0 bridgehead atoms. The van der Waals surface area contributed by atoms with Crippen LogP contribution in [0, 0.1) is 12.8 Å². The summed E-state index contributed by atoms with van der Waals surface area (Å²) in [6.07, 6.45) is 2.97. The number of nitrogens with zero attached hydrogens (tertiary/aromatic N) is 2. The molecule has 5 heteroatoms. The summed E-state index contributed by atoms with van der Waals surface area (Å²) in [7, 11) is 3.63. The molecule has 1 saturated heterocycles. The van der Waals surface area contributed by atoms with Gasteiger partial charge in [-0.2, -0.15) is 0 Å². The molecule has 130 valence electrons. The second kappa shape index (κ2) is 7.36. The van der Waals surface area contributed by atoms with Crippen LogP contribution in [0.4, 0.5) is 0 Å². The van der Waals surface area contributed by atoms with Crippen LogP contribution in [0.2, 0.25) is 0 Å². The van der Waals surface area contributed by atoms with Gasteiger partial charge in [-0.05, 0) is 37.6 Å². The average Bonchev–Trinajstić information content (AvgIpc) is 3.19. The Morgan fingerprint density at radius 2 is 2.29 bits per heavy atom. The molecule has 0 radical (unpaired) electrons. The molecule has 2 heterocycles. The Hall–Kier alpha value is -1.85. The number of carbonyl (C=O) groups is 1. The number of H-pyrrole nitrogens is 1. The van der Waals surface area contributed by atoms with Gasteiger partial charge in [-0.1, -0.05) is 11.6 Å². The molecule has 1 fully saturated rings. The molecule has 0 unspecified atom stereocenters. The molecule has 5 nitrogen and oxygen atoms in total. The van der Waals surface area contributed by atoms with Crippen molar-refractivity contribution in [2.75, 3.05) is 40.4 Å². The molecule has 2 aromatic rings. The number of fused-ring (bicyclic) bond motifs is 1. The highest BCUT2D eigenvalue weighted by atomic mass is 16.5. The van der Waals surface area contributed by atoms with E-state index in [2.05, 4.69) is 35.0 Å². The van der Waals surface area contributed by atoms with Crippen molar-refractivity contribution in [1.29, 1.82) is 0 Å². The largest absolute Gasteiger partial charge is 0.383 e. The van der Waals surface area contributed by atoms with E-state index in [1.165, 1.54) is 16.5 Å². The third-order valence-electron chi connectivity index (χ3n) is 4.94. The molecular formula is C19H27N3O2. The number of hydrogen-bond acceptors (Lipinski definition) is 3. The molecule has 1 aromatic heterocycles. The van der Waals surface area contributed by atoms with Gasteiger partial charge in [0.05, 0.1) is 12.5 Å². The average molecular weight is 329 g/mol. The first-order chi connectivity index (χ1) is 11.6. The van der Waals surface area contributed by atoms with Crippen LogP contribution in [0.25, 0.3) is 10.9 Å². The lowest BCUT2D eigenvalue weighted by atomic mass is 10.1. The first-order valence-electron chi connectivity index (χ1n) is 8.61. The third kappa shape index (κ3) is 3.62. The predicted octanol–water partition coefficient (Wildman–Crippen LogP) is 2.40. The van der Waals surface area contributed by atoms with E-state index in [9.17, 15) is 4.79 Å². The van der Waals surface area contributed by atoms with Crippen molar-refractivity contribution in [2.45, 2.75) is 19.9 Å². The molecule has 0 aliphatic carbocycles. The zero-order chi connectivity index (χ0) is 17.1. The van der Waals surface area contributed by atoms with E-state index < -0.39 is 0 Å². The number of ether oxygens (including phenoxy) is 1. The maximum Gasteiger partial charge on any atom is 0.227 e. The van der Waals surface area contributed by atoms with Crippen LogP contribution in [-0.2, 0) is 16.1 Å². The zero-order valence-corrected chi connectivity index (χ0v) is 14.8. The Kier molecular flexibility index (Phi) is 5.21. The Morgan fingerprint density at radius 3 is 3.08 bits per heavy atom. The fourth-order valence-electron chi connectivity index (χ4n) is 3.53. The summed E-state index contributed by atoms with van der Waals surface area (Å²) in [5.74, 6) is 0.357. The molecule has 3 rings (SSSR count). The topological polar surface area (TPSA) is 48.6 Å². The van der Waals surface area contributed by atoms with E-state index in [4.69, 9.17) is 4.74 Å². The normalized spacial score (nSPS) is 18.4. The maximum atomic E-state index is 12.8. The first kappa shape index (κ1) is 17.0. The fourth-order valence-corrected chi connectivity index (χ4v) is 3.53. The van der Waals surface area contributed by atoms with E-state index in [0.29, 0.717) is 6.54 Å². The van der Waals surface area contributed by atoms with Crippen LogP contribution in [0.5, 0.6) is 0 Å². The number of benzene rings is 1. The van der Waals surface area contributed by atoms with Gasteiger partial charge in [0.15, 0.2) is 0 Å². The Labute approximate surface area is 143 Å². The van der Waals surface area contributed by atoms with Crippen molar-refractivity contribution in [1.82, 2.24) is 14.8 Å². The summed E-state index contributed by atoms with van der Waals surface area (Å²) in [5, 5.41) is 1.21. The van der Waals surface area contributed by atoms with E-state index in [1.807, 2.05) is 18.1 Å². The standard InChI is InChI=1S/C19H27N3O2/c1-14-4-5-18-17(10-14)16(11-20-18)12-21(2)19(23)15-6-7-22(13-15)8-9-24-3/h4-5,10-11,15,20H,6-9,12-13H2,1-3H3/t15-/m1/s1. The fraction of sp³-hybridized carbons (Fsp3) is 0.526. The van der Waals surface area contributed by atoms with Gasteiger partial charge < -0.3 is 19.5 Å². The van der Waals surface area contributed by atoms with Crippen LogP contribution < -0.4 is 0 Å². The number of nitrogens with one attached hydrogen (secondary N) is 1. The van der Waals surface area contributed by atoms with Gasteiger partial charge >= 0.3 is 0 Å². The molecule has 1 aliphatic heterocycles. The van der Waals surface area contributed by atoms with Gasteiger partial charge in [-0.15, -0.1) is 0 Å². The molecule has 1 atom stereocenters. The molecule has 0 saturated carbocycles. The van der Waals surface area contributed by atoms with E-state index in [-0.39, 0.29) is 11.8 Å². The number of hydrogen-bond donors (Lipinski definition) is 1. The van der Waals surface area contributed by atoms with Crippen molar-refractivity contribution in [3.63, 3.8) is 0 Å². The summed E-state index contributed by atoms with van der Waals surface area (Å²) in [6, 6.07) is 6.38. The lowest BCUT2D eigenvalue weighted by Gasteiger charge is -2.21. The number of carbonyl (C=O) groups excluding carboxylic acids is 1. The second-order valence-corrected chi connectivity index (χ2v) is 6.84. The van der Waals surface area contributed by atoms with E-state index in [0.717, 1.165) is 38.2 Å². The number of rotatable bonds is 6. The van der Waals surface area contributed by atoms with Crippen molar-refractivity contribution in [3.8, 4) is 0 Å². The highest BCUT2D eigenvalue weighted by Crippen LogP contribution is 2.23. The minimum atomic E-state index is 0.110. The van der Waals surface area contributed by atoms with Crippen molar-refractivity contribution >= 4 is 16.8 Å². The smallest absolute Gasteiger partial charge is 0.227 e. The van der Waals surface area contributed by atoms with Crippen LogP contribution in [0.3, 0.4) is 0 Å². The Bertz CT molecular complexity index is 710. The molecular weight excluding hydrogens is 302 g/mol. The Morgan fingerprint density at radius 1 is 1.46 bits per heavy atom. The number of aromatic amines is 1. The molecule has 1 aliphatic rings. The summed E-state index contributed by atoms with van der Waals surface area (Å²) in [4.78, 5) is 20.2. The van der Waals surface area contributed by atoms with Gasteiger partial charge in [-0.25, -0.2) is 0 Å². The van der Waals surface area contributed by atoms with Crippen LogP contribution in [-0.4, -0.2) is 61.1 Å². The highest BCUT2D eigenvalue weighted by Gasteiger charge is 2.30. The second-order valence-electron chi connectivity index (χ2n) is 6.84. The number of aromatic nitrogens is 1. The third-order valence-corrected chi connectivity index (χ3v) is 4.94. The van der Waals surface area contributed by atoms with E-state index in [1.54, 1.807) is 7.11 Å². The number of aryl methyl sites for hydroxylation is 1. The minimum Gasteiger partial charge on any atom is -0.383 e. The Balaban J connectivity index is 1.63. The lowest BCUT2D eigenvalue weighted by molar-refractivity contribution is -0.134. The molecule has 0 spiro atoms. The van der Waals surface area contributed by atoms with Crippen LogP contribution >= 0.6 is 0 Å². The summed E-state index contributed by atoms with van der Waals surface area (Å²) in [5.41, 5.74) is 3.55. The van der Waals surface area contributed by atoms with Crippen molar-refractivity contribution < 1.29 is 9.53 Å². The summed E-state index contributed by atoms with van der Waals surface area (Å²) >= 11 is 0. The molecule has 24 heavy (non-hydrogen) atoms. The van der Waals surface area contributed by atoms with Gasteiger partial charge in [0, 0.05) is 50.9 Å². The minimum absolute atomic E-state index is 0.110. The number of likely N-dealkylation sites (tertiary alicyclic amines) is 1. The SMILES string of the molecule is COCCN1CC[C@@H](C(=O)N(C)Cc2c[nH]c3ccc(C)cc23)C1. The van der Waals surface area contributed by atoms with Crippen LogP contribution in [0.15, 0.2) is 24.4 Å². The molecule has 1 amide bonds.